The average molecular weight is 405 g/mol. The first-order valence-electron chi connectivity index (χ1n) is 9.92. The van der Waals surface area contributed by atoms with Crippen LogP contribution in [0, 0.1) is 29.1 Å². The van der Waals surface area contributed by atoms with Gasteiger partial charge in [-0.1, -0.05) is 20.8 Å². The van der Waals surface area contributed by atoms with E-state index in [-0.39, 0.29) is 41.0 Å². The van der Waals surface area contributed by atoms with Gasteiger partial charge in [0.2, 0.25) is 15.9 Å². The number of carbonyl (C=O) groups is 1. The highest BCUT2D eigenvalue weighted by Crippen LogP contribution is 2.55. The van der Waals surface area contributed by atoms with Gasteiger partial charge < -0.3 is 15.2 Å². The fourth-order valence-electron chi connectivity index (χ4n) is 5.37. The van der Waals surface area contributed by atoms with Crippen molar-refractivity contribution in [3.8, 4) is 0 Å². The second kappa shape index (κ2) is 8.76. The smallest absolute Gasteiger partial charge is 0.223 e. The van der Waals surface area contributed by atoms with Crippen molar-refractivity contribution in [2.75, 3.05) is 26.5 Å². The Bertz CT molecular complexity index is 626. The summed E-state index contributed by atoms with van der Waals surface area (Å²) in [5.41, 5.74) is -0.0166. The number of sulfonamides is 1. The summed E-state index contributed by atoms with van der Waals surface area (Å²) in [5, 5.41) is 14.1. The molecule has 2 aliphatic rings. The van der Waals surface area contributed by atoms with E-state index in [1.807, 2.05) is 13.8 Å². The molecule has 0 aromatic heterocycles. The van der Waals surface area contributed by atoms with Crippen molar-refractivity contribution < 1.29 is 23.1 Å². The molecule has 0 aromatic rings. The number of ether oxygens (including phenoxy) is 1. The average Bonchev–Trinajstić information content (AvgIpc) is 2.56. The lowest BCUT2D eigenvalue weighted by Crippen LogP contribution is -2.58. The molecule has 2 saturated carbocycles. The highest BCUT2D eigenvalue weighted by Gasteiger charge is 2.53. The second-order valence-electron chi connectivity index (χ2n) is 8.84. The highest BCUT2D eigenvalue weighted by molar-refractivity contribution is 7.88. The lowest BCUT2D eigenvalue weighted by molar-refractivity contribution is -0.141. The van der Waals surface area contributed by atoms with Gasteiger partial charge in [-0.2, -0.15) is 0 Å². The summed E-state index contributed by atoms with van der Waals surface area (Å²) in [7, 11) is -1.71. The Morgan fingerprint density at radius 1 is 1.33 bits per heavy atom. The normalized spacial score (nSPS) is 38.1. The van der Waals surface area contributed by atoms with Gasteiger partial charge in [0.25, 0.3) is 0 Å². The Hall–Kier alpha value is -0.700. The number of hydrogen-bond donors (Lipinski definition) is 3. The molecule has 7 atom stereocenters. The molecule has 0 radical (unpaired) electrons. The molecule has 27 heavy (non-hydrogen) atoms. The summed E-state index contributed by atoms with van der Waals surface area (Å²) in [4.78, 5) is 12.5. The van der Waals surface area contributed by atoms with Gasteiger partial charge in [0, 0.05) is 25.6 Å². The summed E-state index contributed by atoms with van der Waals surface area (Å²) >= 11 is 0. The van der Waals surface area contributed by atoms with Crippen LogP contribution in [0.5, 0.6) is 0 Å². The van der Waals surface area contributed by atoms with Gasteiger partial charge in [-0.3, -0.25) is 4.79 Å². The lowest BCUT2D eigenvalue weighted by Gasteiger charge is -2.56. The van der Waals surface area contributed by atoms with Gasteiger partial charge in [-0.25, -0.2) is 13.1 Å². The van der Waals surface area contributed by atoms with Crippen LogP contribution in [0.3, 0.4) is 0 Å². The topological polar surface area (TPSA) is 105 Å². The summed E-state index contributed by atoms with van der Waals surface area (Å²) in [6, 6.07) is -0.169. The number of fused-ring (bicyclic) bond motifs is 1. The van der Waals surface area contributed by atoms with Crippen LogP contribution in [-0.4, -0.2) is 58.1 Å². The molecular formula is C19H36N2O5S. The Balaban J connectivity index is 2.13. The van der Waals surface area contributed by atoms with E-state index in [4.69, 9.17) is 4.74 Å². The highest BCUT2D eigenvalue weighted by atomic mass is 32.2. The number of hydrogen-bond acceptors (Lipinski definition) is 5. The summed E-state index contributed by atoms with van der Waals surface area (Å²) in [6.45, 7) is 7.02. The zero-order valence-electron chi connectivity index (χ0n) is 17.2. The summed E-state index contributed by atoms with van der Waals surface area (Å²) in [6.07, 6.45) is 3.99. The number of rotatable bonds is 7. The van der Waals surface area contributed by atoms with Crippen molar-refractivity contribution in [1.82, 2.24) is 10.0 Å². The van der Waals surface area contributed by atoms with Crippen LogP contribution in [-0.2, 0) is 19.6 Å². The van der Waals surface area contributed by atoms with Crippen molar-refractivity contribution in [2.24, 2.45) is 29.1 Å². The number of amides is 1. The molecule has 0 spiro atoms. The Labute approximate surface area is 163 Å². The molecule has 2 aliphatic carbocycles. The first kappa shape index (κ1) is 22.6. The fraction of sp³-hybridized carbons (Fsp3) is 0.947. The summed E-state index contributed by atoms with van der Waals surface area (Å²) < 4.78 is 31.1. The van der Waals surface area contributed by atoms with Gasteiger partial charge in [0.1, 0.15) is 0 Å². The maximum Gasteiger partial charge on any atom is 0.223 e. The molecule has 8 heteroatoms. The van der Waals surface area contributed by atoms with Crippen molar-refractivity contribution >= 4 is 15.9 Å². The lowest BCUT2D eigenvalue weighted by atomic mass is 9.52. The molecule has 3 N–H and O–H groups in total. The minimum Gasteiger partial charge on any atom is -0.392 e. The molecule has 1 amide bonds. The van der Waals surface area contributed by atoms with Crippen LogP contribution in [0.2, 0.25) is 0 Å². The first-order valence-corrected chi connectivity index (χ1v) is 11.8. The zero-order chi connectivity index (χ0) is 20.4. The van der Waals surface area contributed by atoms with Gasteiger partial charge >= 0.3 is 0 Å². The predicted octanol–water partition coefficient (Wildman–Crippen LogP) is 1.13. The quantitative estimate of drug-likeness (QED) is 0.552. The molecule has 0 heterocycles. The van der Waals surface area contributed by atoms with E-state index in [1.54, 1.807) is 7.11 Å². The molecule has 158 valence electrons. The van der Waals surface area contributed by atoms with E-state index in [9.17, 15) is 18.3 Å². The van der Waals surface area contributed by atoms with Crippen LogP contribution in [0.4, 0.5) is 0 Å². The number of carbonyl (C=O) groups excluding carboxylic acids is 1. The van der Waals surface area contributed by atoms with Crippen LogP contribution in [0.15, 0.2) is 0 Å². The molecule has 0 saturated heterocycles. The Morgan fingerprint density at radius 2 is 1.96 bits per heavy atom. The number of aliphatic hydroxyl groups excluding tert-OH is 1. The molecule has 7 nitrogen and oxygen atoms in total. The number of aliphatic hydroxyl groups is 1. The number of methoxy groups -OCH3 is 1. The molecular weight excluding hydrogens is 368 g/mol. The minimum atomic E-state index is -3.30. The second-order valence-corrected chi connectivity index (χ2v) is 10.6. The largest absolute Gasteiger partial charge is 0.392 e. The number of nitrogens with one attached hydrogen (secondary N) is 2. The van der Waals surface area contributed by atoms with E-state index in [0.29, 0.717) is 13.2 Å². The third-order valence-electron chi connectivity index (χ3n) is 6.91. The van der Waals surface area contributed by atoms with E-state index in [2.05, 4.69) is 17.0 Å². The maximum absolute atomic E-state index is 12.5. The Kier molecular flexibility index (Phi) is 7.33. The Morgan fingerprint density at radius 3 is 2.56 bits per heavy atom. The molecule has 0 aromatic carbocycles. The van der Waals surface area contributed by atoms with Crippen LogP contribution < -0.4 is 10.0 Å². The van der Waals surface area contributed by atoms with Gasteiger partial charge in [-0.15, -0.1) is 0 Å². The monoisotopic (exact) mass is 404 g/mol. The van der Waals surface area contributed by atoms with Crippen LogP contribution in [0.1, 0.15) is 46.5 Å². The van der Waals surface area contributed by atoms with Gasteiger partial charge in [-0.05, 0) is 48.9 Å². The standard InChI is InChI=1S/C19H36N2O5S/c1-12(18(23)20-10-11-26-4)14-6-8-19(3)9-7-15(21-27(5,24)25)13(2)16(19)17(14)22/h12-17,21-22H,6-11H2,1-5H3,(H,20,23). The summed E-state index contributed by atoms with van der Waals surface area (Å²) in [5.74, 6) is -0.491. The van der Waals surface area contributed by atoms with Crippen molar-refractivity contribution in [3.63, 3.8) is 0 Å². The van der Waals surface area contributed by atoms with E-state index in [1.165, 1.54) is 6.26 Å². The van der Waals surface area contributed by atoms with E-state index in [0.717, 1.165) is 25.7 Å². The molecule has 0 bridgehead atoms. The van der Waals surface area contributed by atoms with E-state index >= 15 is 0 Å². The SMILES string of the molecule is COCCNC(=O)C(C)C1CCC2(C)CCC(NS(C)(=O)=O)C(C)C2C1O. The fourth-order valence-corrected chi connectivity index (χ4v) is 6.25. The third-order valence-corrected chi connectivity index (χ3v) is 7.65. The maximum atomic E-state index is 12.5. The van der Waals surface area contributed by atoms with E-state index < -0.39 is 16.1 Å². The molecule has 0 aliphatic heterocycles. The van der Waals surface area contributed by atoms with Crippen LogP contribution in [0.25, 0.3) is 0 Å². The minimum absolute atomic E-state index is 0.0139. The van der Waals surface area contributed by atoms with Crippen molar-refractivity contribution in [1.29, 1.82) is 0 Å². The van der Waals surface area contributed by atoms with Gasteiger partial charge in [0.05, 0.1) is 19.0 Å². The van der Waals surface area contributed by atoms with Crippen molar-refractivity contribution in [3.05, 3.63) is 0 Å². The molecule has 7 unspecified atom stereocenters. The third kappa shape index (κ3) is 5.22. The predicted molar refractivity (Wildman–Crippen MR) is 105 cm³/mol. The zero-order valence-corrected chi connectivity index (χ0v) is 18.0. The molecule has 2 rings (SSSR count). The van der Waals surface area contributed by atoms with Gasteiger partial charge in [0.15, 0.2) is 0 Å². The van der Waals surface area contributed by atoms with Crippen molar-refractivity contribution in [2.45, 2.75) is 58.6 Å². The first-order chi connectivity index (χ1) is 12.5. The molecule has 2 fully saturated rings. The van der Waals surface area contributed by atoms with Crippen LogP contribution >= 0.6 is 0 Å².